The minimum absolute atomic E-state index is 0.254. The molecule has 0 saturated heterocycles. The van der Waals surface area contributed by atoms with E-state index in [-0.39, 0.29) is 11.3 Å². The molecule has 0 aliphatic heterocycles. The third-order valence-corrected chi connectivity index (χ3v) is 2.99. The number of nitrogens with zero attached hydrogens (tertiary/aromatic N) is 2. The van der Waals surface area contributed by atoms with Crippen molar-refractivity contribution < 1.29 is 9.59 Å². The van der Waals surface area contributed by atoms with Crippen molar-refractivity contribution >= 4 is 17.5 Å². The predicted molar refractivity (Wildman–Crippen MR) is 74.4 cm³/mol. The molecule has 0 unspecified atom stereocenters. The van der Waals surface area contributed by atoms with Gasteiger partial charge in [0.05, 0.1) is 11.3 Å². The van der Waals surface area contributed by atoms with Crippen LogP contribution in [0.15, 0.2) is 30.6 Å². The highest BCUT2D eigenvalue weighted by molar-refractivity contribution is 6.08. The molecule has 1 heterocycles. The zero-order valence-corrected chi connectivity index (χ0v) is 11.2. The highest BCUT2D eigenvalue weighted by atomic mass is 16.2. The lowest BCUT2D eigenvalue weighted by Gasteiger charge is -2.10. The van der Waals surface area contributed by atoms with Crippen molar-refractivity contribution in [2.24, 2.45) is 5.73 Å². The number of nitrogens with two attached hydrogens (primary N) is 1. The Morgan fingerprint density at radius 2 is 1.85 bits per heavy atom. The topological polar surface area (TPSA) is 98.0 Å². The predicted octanol–water partition coefficient (Wildman–Crippen LogP) is 1.44. The molecule has 2 rings (SSSR count). The number of aryl methyl sites for hydroxylation is 1. The maximum absolute atomic E-state index is 12.2. The first-order valence-corrected chi connectivity index (χ1v) is 5.99. The van der Waals surface area contributed by atoms with Gasteiger partial charge in [-0.15, -0.1) is 0 Å². The van der Waals surface area contributed by atoms with Crippen molar-refractivity contribution in [3.05, 3.63) is 53.1 Å². The molecular weight excluding hydrogens is 256 g/mol. The summed E-state index contributed by atoms with van der Waals surface area (Å²) < 4.78 is 0. The number of nitrogens with one attached hydrogen (secondary N) is 1. The fourth-order valence-corrected chi connectivity index (χ4v) is 1.76. The van der Waals surface area contributed by atoms with E-state index in [1.54, 1.807) is 38.1 Å². The summed E-state index contributed by atoms with van der Waals surface area (Å²) in [6, 6.07) is 6.55. The first-order valence-electron chi connectivity index (χ1n) is 5.99. The fourth-order valence-electron chi connectivity index (χ4n) is 1.76. The molecule has 0 fully saturated rings. The highest BCUT2D eigenvalue weighted by Gasteiger charge is 2.15. The van der Waals surface area contributed by atoms with Crippen molar-refractivity contribution in [1.29, 1.82) is 0 Å². The van der Waals surface area contributed by atoms with E-state index in [0.717, 1.165) is 5.69 Å². The van der Waals surface area contributed by atoms with Crippen LogP contribution < -0.4 is 11.1 Å². The van der Waals surface area contributed by atoms with Gasteiger partial charge in [-0.2, -0.15) is 0 Å². The molecule has 0 aliphatic rings. The molecule has 2 aromatic rings. The minimum atomic E-state index is -0.600. The number of hydrogen-bond donors (Lipinski definition) is 2. The van der Waals surface area contributed by atoms with E-state index >= 15 is 0 Å². The maximum atomic E-state index is 12.2. The van der Waals surface area contributed by atoms with Gasteiger partial charge >= 0.3 is 0 Å². The summed E-state index contributed by atoms with van der Waals surface area (Å²) in [6.07, 6.45) is 1.33. The number of carbonyl (C=O) groups excluding carboxylic acids is 2. The lowest BCUT2D eigenvalue weighted by molar-refractivity contribution is 0.100. The number of para-hydroxylation sites is 1. The second kappa shape index (κ2) is 5.48. The summed E-state index contributed by atoms with van der Waals surface area (Å²) in [4.78, 5) is 31.5. The van der Waals surface area contributed by atoms with Crippen LogP contribution >= 0.6 is 0 Å². The normalized spacial score (nSPS) is 10.1. The molecule has 6 nitrogen and oxygen atoms in total. The van der Waals surface area contributed by atoms with Gasteiger partial charge in [0.1, 0.15) is 12.0 Å². The molecule has 1 aromatic heterocycles. The Hall–Kier alpha value is -2.76. The van der Waals surface area contributed by atoms with Gasteiger partial charge in [0, 0.05) is 11.3 Å². The molecular formula is C14H14N4O2. The molecule has 2 amide bonds. The smallest absolute Gasteiger partial charge is 0.274 e. The van der Waals surface area contributed by atoms with Gasteiger partial charge in [-0.05, 0) is 26.0 Å². The number of benzene rings is 1. The van der Waals surface area contributed by atoms with Crippen LogP contribution in [0.5, 0.6) is 0 Å². The van der Waals surface area contributed by atoms with Gasteiger partial charge in [-0.3, -0.25) is 9.59 Å². The van der Waals surface area contributed by atoms with Gasteiger partial charge in [-0.25, -0.2) is 9.97 Å². The Bertz CT molecular complexity index is 683. The monoisotopic (exact) mass is 270 g/mol. The summed E-state index contributed by atoms with van der Waals surface area (Å²) in [7, 11) is 0. The average molecular weight is 270 g/mol. The maximum Gasteiger partial charge on any atom is 0.274 e. The molecule has 0 saturated carbocycles. The van der Waals surface area contributed by atoms with E-state index in [4.69, 9.17) is 5.73 Å². The van der Waals surface area contributed by atoms with Crippen LogP contribution in [-0.2, 0) is 0 Å². The number of rotatable bonds is 3. The molecule has 1 aromatic carbocycles. The quantitative estimate of drug-likeness (QED) is 0.881. The number of hydrogen-bond acceptors (Lipinski definition) is 4. The van der Waals surface area contributed by atoms with Crippen molar-refractivity contribution in [3.63, 3.8) is 0 Å². The Morgan fingerprint density at radius 3 is 2.55 bits per heavy atom. The Kier molecular flexibility index (Phi) is 3.74. The van der Waals surface area contributed by atoms with Crippen molar-refractivity contribution in [2.75, 3.05) is 5.32 Å². The van der Waals surface area contributed by atoms with Crippen LogP contribution in [0.4, 0.5) is 5.69 Å². The van der Waals surface area contributed by atoms with Gasteiger partial charge in [0.15, 0.2) is 0 Å². The van der Waals surface area contributed by atoms with E-state index in [1.165, 1.54) is 6.33 Å². The third kappa shape index (κ3) is 2.64. The van der Waals surface area contributed by atoms with Crippen LogP contribution in [0.1, 0.15) is 32.1 Å². The second-order valence-electron chi connectivity index (χ2n) is 4.30. The number of carbonyl (C=O) groups is 2. The third-order valence-electron chi connectivity index (χ3n) is 2.99. The van der Waals surface area contributed by atoms with E-state index in [9.17, 15) is 9.59 Å². The highest BCUT2D eigenvalue weighted by Crippen LogP contribution is 2.16. The Balaban J connectivity index is 2.33. The molecule has 20 heavy (non-hydrogen) atoms. The van der Waals surface area contributed by atoms with Crippen molar-refractivity contribution in [1.82, 2.24) is 9.97 Å². The summed E-state index contributed by atoms with van der Waals surface area (Å²) in [6.45, 7) is 3.56. The lowest BCUT2D eigenvalue weighted by Crippen LogP contribution is -2.20. The first kappa shape index (κ1) is 13.7. The fraction of sp³-hybridized carbons (Fsp3) is 0.143. The molecule has 3 N–H and O–H groups in total. The number of aromatic nitrogens is 2. The minimum Gasteiger partial charge on any atom is -0.366 e. The standard InChI is InChI=1S/C14H14N4O2/c1-8-9(2)16-7-17-12(8)14(20)18-11-6-4-3-5-10(11)13(15)19/h3-7H,1-2H3,(H2,15,19)(H,18,20). The number of primary amides is 1. The molecule has 0 radical (unpaired) electrons. The average Bonchev–Trinajstić information content (AvgIpc) is 2.42. The van der Waals surface area contributed by atoms with Crippen LogP contribution in [0, 0.1) is 13.8 Å². The van der Waals surface area contributed by atoms with Gasteiger partial charge < -0.3 is 11.1 Å². The van der Waals surface area contributed by atoms with Gasteiger partial charge in [-0.1, -0.05) is 12.1 Å². The molecule has 0 atom stereocenters. The zero-order chi connectivity index (χ0) is 14.7. The van der Waals surface area contributed by atoms with E-state index in [2.05, 4.69) is 15.3 Å². The summed E-state index contributed by atoms with van der Waals surface area (Å²) in [5.74, 6) is -1.00. The van der Waals surface area contributed by atoms with Crippen LogP contribution in [0.25, 0.3) is 0 Å². The van der Waals surface area contributed by atoms with Crippen LogP contribution in [-0.4, -0.2) is 21.8 Å². The summed E-state index contributed by atoms with van der Waals surface area (Å²) in [5.41, 5.74) is 7.58. The van der Waals surface area contributed by atoms with Gasteiger partial charge in [0.25, 0.3) is 11.8 Å². The van der Waals surface area contributed by atoms with Gasteiger partial charge in [0.2, 0.25) is 0 Å². The van der Waals surface area contributed by atoms with E-state index in [0.29, 0.717) is 11.3 Å². The Labute approximate surface area is 116 Å². The first-order chi connectivity index (χ1) is 9.50. The molecule has 0 bridgehead atoms. The number of anilines is 1. The molecule has 6 heteroatoms. The van der Waals surface area contributed by atoms with E-state index < -0.39 is 11.8 Å². The summed E-state index contributed by atoms with van der Waals surface area (Å²) >= 11 is 0. The van der Waals surface area contributed by atoms with Crippen molar-refractivity contribution in [2.45, 2.75) is 13.8 Å². The number of amides is 2. The van der Waals surface area contributed by atoms with E-state index in [1.807, 2.05) is 0 Å². The molecule has 0 spiro atoms. The lowest BCUT2D eigenvalue weighted by atomic mass is 10.1. The Morgan fingerprint density at radius 1 is 1.15 bits per heavy atom. The summed E-state index contributed by atoms with van der Waals surface area (Å²) in [5, 5.41) is 2.65. The SMILES string of the molecule is Cc1ncnc(C(=O)Nc2ccccc2C(N)=O)c1C. The van der Waals surface area contributed by atoms with Crippen LogP contribution in [0.3, 0.4) is 0 Å². The van der Waals surface area contributed by atoms with Crippen molar-refractivity contribution in [3.8, 4) is 0 Å². The van der Waals surface area contributed by atoms with Crippen LogP contribution in [0.2, 0.25) is 0 Å². The largest absolute Gasteiger partial charge is 0.366 e. The molecule has 102 valence electrons. The molecule has 0 aliphatic carbocycles. The zero-order valence-electron chi connectivity index (χ0n) is 11.2. The second-order valence-corrected chi connectivity index (χ2v) is 4.30.